The summed E-state index contributed by atoms with van der Waals surface area (Å²) < 4.78 is 14.6. The van der Waals surface area contributed by atoms with Gasteiger partial charge in [-0.1, -0.05) is 13.8 Å². The normalized spacial score (nSPS) is 12.7. The molecule has 0 spiro atoms. The van der Waals surface area contributed by atoms with Gasteiger partial charge in [0.05, 0.1) is 13.7 Å². The summed E-state index contributed by atoms with van der Waals surface area (Å²) in [5, 5.41) is 8.93. The van der Waals surface area contributed by atoms with E-state index in [1.165, 1.54) is 24.2 Å². The molecule has 9 heteroatoms. The van der Waals surface area contributed by atoms with Gasteiger partial charge in [-0.25, -0.2) is 9.78 Å². The van der Waals surface area contributed by atoms with Gasteiger partial charge in [0.1, 0.15) is 17.2 Å². The molecule has 0 aliphatic carbocycles. The van der Waals surface area contributed by atoms with Gasteiger partial charge in [0.25, 0.3) is 0 Å². The molecule has 0 radical (unpaired) electrons. The second-order valence-electron chi connectivity index (χ2n) is 9.54. The molecular weight excluding hydrogens is 459 g/mol. The SMILES string of the molecule is CP(CC(C)(C)CCC(=O)OC(C)(C)C)Oc1ccc(SNc2ccc(C(=O)O)cn2)cc1. The molecule has 7 nitrogen and oxygen atoms in total. The molecule has 1 atom stereocenters. The number of carboxylic acids is 1. The highest BCUT2D eigenvalue weighted by molar-refractivity contribution is 8.00. The Morgan fingerprint density at radius 1 is 1.09 bits per heavy atom. The number of aromatic nitrogens is 1. The van der Waals surface area contributed by atoms with Crippen LogP contribution in [0.15, 0.2) is 47.5 Å². The first kappa shape index (κ1) is 26.9. The molecule has 180 valence electrons. The van der Waals surface area contributed by atoms with Gasteiger partial charge >= 0.3 is 11.9 Å². The number of hydrogen-bond acceptors (Lipinski definition) is 7. The molecule has 0 fully saturated rings. The fourth-order valence-electron chi connectivity index (χ4n) is 2.99. The van der Waals surface area contributed by atoms with E-state index in [1.54, 1.807) is 6.07 Å². The van der Waals surface area contributed by atoms with Crippen LogP contribution in [0.5, 0.6) is 5.75 Å². The number of rotatable bonds is 11. The van der Waals surface area contributed by atoms with Gasteiger partial charge in [0.15, 0.2) is 0 Å². The molecule has 2 aromatic rings. The molecule has 2 N–H and O–H groups in total. The third-order valence-corrected chi connectivity index (χ3v) is 7.09. The summed E-state index contributed by atoms with van der Waals surface area (Å²) in [5.41, 5.74) is -0.334. The number of esters is 1. The zero-order valence-electron chi connectivity index (χ0n) is 20.0. The maximum Gasteiger partial charge on any atom is 0.337 e. The van der Waals surface area contributed by atoms with Crippen molar-refractivity contribution in [2.24, 2.45) is 5.41 Å². The van der Waals surface area contributed by atoms with Crippen LogP contribution in [0.1, 0.15) is 57.8 Å². The Labute approximate surface area is 201 Å². The summed E-state index contributed by atoms with van der Waals surface area (Å²) in [6, 6.07) is 10.9. The summed E-state index contributed by atoms with van der Waals surface area (Å²) >= 11 is 1.38. The molecule has 1 heterocycles. The summed E-state index contributed by atoms with van der Waals surface area (Å²) in [6.07, 6.45) is 3.35. The fraction of sp³-hybridized carbons (Fsp3) is 0.458. The fourth-order valence-corrected chi connectivity index (χ4v) is 5.51. The van der Waals surface area contributed by atoms with Crippen molar-refractivity contribution in [3.05, 3.63) is 48.2 Å². The Hall–Kier alpha value is -2.31. The van der Waals surface area contributed by atoms with Crippen LogP contribution < -0.4 is 9.25 Å². The number of carbonyl (C=O) groups excluding carboxylic acids is 1. The molecule has 0 amide bonds. The first-order chi connectivity index (χ1) is 15.3. The van der Waals surface area contributed by atoms with Gasteiger partial charge in [0.2, 0.25) is 0 Å². The number of nitrogens with zero attached hydrogens (tertiary/aromatic N) is 1. The molecule has 2 rings (SSSR count). The van der Waals surface area contributed by atoms with Crippen molar-refractivity contribution in [3.8, 4) is 5.75 Å². The highest BCUT2D eigenvalue weighted by Gasteiger charge is 2.25. The predicted octanol–water partition coefficient (Wildman–Crippen LogP) is 6.45. The van der Waals surface area contributed by atoms with E-state index in [2.05, 4.69) is 30.2 Å². The van der Waals surface area contributed by atoms with Crippen molar-refractivity contribution >= 4 is 37.9 Å². The number of ether oxygens (including phenoxy) is 1. The summed E-state index contributed by atoms with van der Waals surface area (Å²) in [4.78, 5) is 28.0. The van der Waals surface area contributed by atoms with E-state index in [4.69, 9.17) is 14.4 Å². The maximum absolute atomic E-state index is 12.0. The first-order valence-electron chi connectivity index (χ1n) is 10.7. The average molecular weight is 493 g/mol. The standard InChI is InChI=1S/C24H33N2O5PS/c1-23(2,3)30-21(27)13-14-24(4,5)16-32(6)31-18-8-10-19(11-9-18)33-26-20-12-7-17(15-25-20)22(28)29/h7-12,15H,13-14,16H2,1-6H3,(H,25,26)(H,28,29). The lowest BCUT2D eigenvalue weighted by atomic mass is 9.90. The molecule has 1 aromatic heterocycles. The van der Waals surface area contributed by atoms with Crippen LogP contribution in [0.4, 0.5) is 5.82 Å². The van der Waals surface area contributed by atoms with Crippen LogP contribution in [0.2, 0.25) is 0 Å². The molecule has 0 saturated heterocycles. The summed E-state index contributed by atoms with van der Waals surface area (Å²) in [6.45, 7) is 12.0. The minimum atomic E-state index is -1.00. The summed E-state index contributed by atoms with van der Waals surface area (Å²) in [5.74, 6) is 0.224. The zero-order chi connectivity index (χ0) is 24.6. The predicted molar refractivity (Wildman–Crippen MR) is 134 cm³/mol. The minimum absolute atomic E-state index is 0.0275. The average Bonchev–Trinajstić information content (AvgIpc) is 2.70. The van der Waals surface area contributed by atoms with Gasteiger partial charge in [-0.15, -0.1) is 0 Å². The van der Waals surface area contributed by atoms with Gasteiger partial charge in [0, 0.05) is 23.7 Å². The molecule has 0 aliphatic rings. The molecule has 33 heavy (non-hydrogen) atoms. The topological polar surface area (TPSA) is 97.8 Å². The monoisotopic (exact) mass is 492 g/mol. The van der Waals surface area contributed by atoms with Crippen LogP contribution in [0.3, 0.4) is 0 Å². The highest BCUT2D eigenvalue weighted by Crippen LogP contribution is 2.42. The Morgan fingerprint density at radius 2 is 1.76 bits per heavy atom. The number of carboxylic acid groups (broad SMARTS) is 1. The van der Waals surface area contributed by atoms with Gasteiger partial charge in [-0.3, -0.25) is 4.79 Å². The number of nitrogens with one attached hydrogen (secondary N) is 1. The molecular formula is C24H33N2O5PS. The van der Waals surface area contributed by atoms with Crippen molar-refractivity contribution in [2.75, 3.05) is 17.5 Å². The quantitative estimate of drug-likeness (QED) is 0.210. The zero-order valence-corrected chi connectivity index (χ0v) is 21.8. The number of aromatic carboxylic acids is 1. The second kappa shape index (κ2) is 11.7. The number of anilines is 1. The number of carbonyl (C=O) groups is 2. The third kappa shape index (κ3) is 10.4. The molecule has 0 saturated carbocycles. The molecule has 0 aliphatic heterocycles. The van der Waals surface area contributed by atoms with E-state index >= 15 is 0 Å². The van der Waals surface area contributed by atoms with Crippen LogP contribution in [0.25, 0.3) is 0 Å². The lowest BCUT2D eigenvalue weighted by molar-refractivity contribution is -0.155. The van der Waals surface area contributed by atoms with Gasteiger partial charge in [-0.05, 0) is 87.6 Å². The van der Waals surface area contributed by atoms with Crippen LogP contribution in [-0.4, -0.2) is 40.5 Å². The highest BCUT2D eigenvalue weighted by atomic mass is 32.2. The van der Waals surface area contributed by atoms with Crippen molar-refractivity contribution in [1.82, 2.24) is 4.98 Å². The Balaban J connectivity index is 1.79. The van der Waals surface area contributed by atoms with Crippen molar-refractivity contribution in [2.45, 2.75) is 58.0 Å². The number of pyridine rings is 1. The molecule has 1 unspecified atom stereocenters. The van der Waals surface area contributed by atoms with Crippen LogP contribution in [0, 0.1) is 5.41 Å². The minimum Gasteiger partial charge on any atom is -0.478 e. The van der Waals surface area contributed by atoms with Crippen molar-refractivity contribution in [1.29, 1.82) is 0 Å². The van der Waals surface area contributed by atoms with E-state index in [0.717, 1.165) is 23.2 Å². The largest absolute Gasteiger partial charge is 0.478 e. The third-order valence-electron chi connectivity index (χ3n) is 4.45. The smallest absolute Gasteiger partial charge is 0.337 e. The van der Waals surface area contributed by atoms with E-state index in [-0.39, 0.29) is 16.9 Å². The van der Waals surface area contributed by atoms with Gasteiger partial charge in [-0.2, -0.15) is 0 Å². The summed E-state index contributed by atoms with van der Waals surface area (Å²) in [7, 11) is -0.697. The Morgan fingerprint density at radius 3 is 2.30 bits per heavy atom. The maximum atomic E-state index is 12.0. The van der Waals surface area contributed by atoms with E-state index in [0.29, 0.717) is 12.2 Å². The lowest BCUT2D eigenvalue weighted by Gasteiger charge is -2.28. The second-order valence-corrected chi connectivity index (χ2v) is 12.2. The van der Waals surface area contributed by atoms with E-state index in [1.807, 2.05) is 45.0 Å². The number of hydrogen-bond donors (Lipinski definition) is 2. The Kier molecular flexibility index (Phi) is 9.56. The van der Waals surface area contributed by atoms with E-state index < -0.39 is 19.7 Å². The van der Waals surface area contributed by atoms with E-state index in [9.17, 15) is 9.59 Å². The number of benzene rings is 1. The lowest BCUT2D eigenvalue weighted by Crippen LogP contribution is -2.25. The van der Waals surface area contributed by atoms with Crippen molar-refractivity contribution in [3.63, 3.8) is 0 Å². The molecule has 1 aromatic carbocycles. The van der Waals surface area contributed by atoms with Gasteiger partial charge < -0.3 is 19.1 Å². The van der Waals surface area contributed by atoms with Crippen LogP contribution in [-0.2, 0) is 9.53 Å². The Bertz CT molecular complexity index is 927. The van der Waals surface area contributed by atoms with Crippen molar-refractivity contribution < 1.29 is 24.0 Å². The first-order valence-corrected chi connectivity index (χ1v) is 13.4. The molecule has 0 bridgehead atoms. The van der Waals surface area contributed by atoms with Crippen LogP contribution >= 0.6 is 20.1 Å².